The van der Waals surface area contributed by atoms with Gasteiger partial charge in [0, 0.05) is 24.9 Å². The lowest BCUT2D eigenvalue weighted by atomic mass is 10.1. The normalized spacial score (nSPS) is 14.5. The summed E-state index contributed by atoms with van der Waals surface area (Å²) in [4.78, 5) is 18.0. The predicted octanol–water partition coefficient (Wildman–Crippen LogP) is 3.54. The summed E-state index contributed by atoms with van der Waals surface area (Å²) in [6.45, 7) is 0.432. The van der Waals surface area contributed by atoms with Crippen LogP contribution in [0, 0.1) is 5.82 Å². The number of aryl methyl sites for hydroxylation is 1. The second-order valence-corrected chi connectivity index (χ2v) is 6.88. The van der Waals surface area contributed by atoms with Gasteiger partial charge in [-0.3, -0.25) is 9.48 Å². The third-order valence-corrected chi connectivity index (χ3v) is 4.72. The Balaban J connectivity index is 1.40. The van der Waals surface area contributed by atoms with Crippen LogP contribution >= 0.6 is 0 Å². The molecule has 0 unspecified atom stereocenters. The number of hydrogen-bond donors (Lipinski definition) is 0. The van der Waals surface area contributed by atoms with Crippen LogP contribution in [0.3, 0.4) is 0 Å². The Bertz CT molecular complexity index is 1070. The first kappa shape index (κ1) is 19.9. The Labute approximate surface area is 168 Å². The van der Waals surface area contributed by atoms with Crippen LogP contribution in [0.25, 0.3) is 11.3 Å². The van der Waals surface area contributed by atoms with Gasteiger partial charge in [-0.15, -0.1) is 0 Å². The second-order valence-electron chi connectivity index (χ2n) is 6.88. The molecule has 0 bridgehead atoms. The summed E-state index contributed by atoms with van der Waals surface area (Å²) in [6, 6.07) is 9.07. The fraction of sp³-hybridized carbons (Fsp3) is 0.250. The number of carbonyl (C=O) groups is 1. The molecular formula is C20H16F4N4O2. The van der Waals surface area contributed by atoms with Gasteiger partial charge in [-0.25, -0.2) is 9.37 Å². The maximum absolute atomic E-state index is 13.1. The minimum atomic E-state index is -4.48. The van der Waals surface area contributed by atoms with E-state index >= 15 is 0 Å². The van der Waals surface area contributed by atoms with Crippen molar-refractivity contribution in [3.8, 4) is 17.1 Å². The molecule has 1 saturated heterocycles. The third kappa shape index (κ3) is 3.98. The molecule has 1 aliphatic heterocycles. The number of rotatable bonds is 4. The lowest BCUT2D eigenvalue weighted by molar-refractivity contribution is -0.137. The number of carbonyl (C=O) groups excluding carboxylic acids is 1. The van der Waals surface area contributed by atoms with Crippen LogP contribution in [0.1, 0.15) is 16.1 Å². The van der Waals surface area contributed by atoms with E-state index < -0.39 is 17.8 Å². The van der Waals surface area contributed by atoms with Gasteiger partial charge < -0.3 is 9.64 Å². The van der Waals surface area contributed by atoms with E-state index in [-0.39, 0.29) is 30.7 Å². The van der Waals surface area contributed by atoms with E-state index in [9.17, 15) is 22.4 Å². The zero-order valence-corrected chi connectivity index (χ0v) is 15.7. The number of alkyl halides is 3. The zero-order chi connectivity index (χ0) is 21.5. The summed E-state index contributed by atoms with van der Waals surface area (Å²) in [5.41, 5.74) is 0.696. The Morgan fingerprint density at radius 2 is 1.83 bits per heavy atom. The molecule has 2 aromatic heterocycles. The standard InChI is InChI=1S/C20H16F4N4O2/c1-27-17(9-16(26-27)12-2-4-14(21)5-3-12)19(29)28-10-15(11-28)30-18-8-13(6-7-25-18)20(22,23)24/h2-9,15H,10-11H2,1H3. The highest BCUT2D eigenvalue weighted by molar-refractivity contribution is 5.94. The van der Waals surface area contributed by atoms with Crippen LogP contribution in [0.15, 0.2) is 48.7 Å². The summed E-state index contributed by atoms with van der Waals surface area (Å²) in [7, 11) is 1.63. The second kappa shape index (κ2) is 7.43. The molecule has 156 valence electrons. The van der Waals surface area contributed by atoms with E-state index in [0.717, 1.165) is 18.3 Å². The van der Waals surface area contributed by atoms with E-state index in [0.29, 0.717) is 17.0 Å². The van der Waals surface area contributed by atoms with Crippen LogP contribution in [0.4, 0.5) is 17.6 Å². The molecule has 3 aromatic rings. The van der Waals surface area contributed by atoms with Crippen molar-refractivity contribution >= 4 is 5.91 Å². The van der Waals surface area contributed by atoms with Crippen LogP contribution < -0.4 is 4.74 Å². The zero-order valence-electron chi connectivity index (χ0n) is 15.7. The van der Waals surface area contributed by atoms with E-state index in [1.807, 2.05) is 0 Å². The van der Waals surface area contributed by atoms with Crippen LogP contribution in [0.5, 0.6) is 5.88 Å². The van der Waals surface area contributed by atoms with Crippen molar-refractivity contribution in [2.45, 2.75) is 12.3 Å². The van der Waals surface area contributed by atoms with Gasteiger partial charge in [-0.2, -0.15) is 18.3 Å². The summed E-state index contributed by atoms with van der Waals surface area (Å²) < 4.78 is 58.3. The quantitative estimate of drug-likeness (QED) is 0.606. The highest BCUT2D eigenvalue weighted by atomic mass is 19.4. The topological polar surface area (TPSA) is 60.2 Å². The van der Waals surface area contributed by atoms with Gasteiger partial charge in [0.1, 0.15) is 17.6 Å². The van der Waals surface area contributed by atoms with E-state index in [4.69, 9.17) is 4.74 Å². The number of halogens is 4. The van der Waals surface area contributed by atoms with Crippen molar-refractivity contribution in [2.24, 2.45) is 7.05 Å². The van der Waals surface area contributed by atoms with Crippen molar-refractivity contribution in [1.82, 2.24) is 19.7 Å². The molecule has 4 rings (SSSR count). The Morgan fingerprint density at radius 3 is 2.50 bits per heavy atom. The number of ether oxygens (including phenoxy) is 1. The summed E-state index contributed by atoms with van der Waals surface area (Å²) >= 11 is 0. The number of benzene rings is 1. The smallest absolute Gasteiger partial charge is 0.416 e. The maximum atomic E-state index is 13.1. The maximum Gasteiger partial charge on any atom is 0.416 e. The lowest BCUT2D eigenvalue weighted by Gasteiger charge is -2.38. The molecule has 3 heterocycles. The van der Waals surface area contributed by atoms with E-state index in [1.165, 1.54) is 21.7 Å². The molecule has 0 radical (unpaired) electrons. The minimum absolute atomic E-state index is 0.138. The van der Waals surface area contributed by atoms with Gasteiger partial charge in [0.15, 0.2) is 0 Å². The summed E-state index contributed by atoms with van der Waals surface area (Å²) in [5, 5.41) is 4.29. The van der Waals surface area contributed by atoms with Gasteiger partial charge in [-0.05, 0) is 36.4 Å². The highest BCUT2D eigenvalue weighted by Gasteiger charge is 2.35. The van der Waals surface area contributed by atoms with Crippen molar-refractivity contribution in [1.29, 1.82) is 0 Å². The largest absolute Gasteiger partial charge is 0.471 e. The van der Waals surface area contributed by atoms with Crippen molar-refractivity contribution in [3.63, 3.8) is 0 Å². The lowest BCUT2D eigenvalue weighted by Crippen LogP contribution is -2.56. The van der Waals surface area contributed by atoms with Crippen molar-refractivity contribution in [3.05, 3.63) is 65.7 Å². The minimum Gasteiger partial charge on any atom is -0.471 e. The first-order chi connectivity index (χ1) is 14.2. The summed E-state index contributed by atoms with van der Waals surface area (Å²) in [5.74, 6) is -0.788. The molecule has 1 fully saturated rings. The molecule has 30 heavy (non-hydrogen) atoms. The Hall–Kier alpha value is -3.43. The first-order valence-corrected chi connectivity index (χ1v) is 9.00. The Kier molecular flexibility index (Phi) is 4.92. The van der Waals surface area contributed by atoms with Gasteiger partial charge in [0.05, 0.1) is 24.3 Å². The number of likely N-dealkylation sites (tertiary alicyclic amines) is 1. The molecule has 1 aromatic carbocycles. The number of pyridine rings is 1. The molecule has 1 aliphatic rings. The van der Waals surface area contributed by atoms with Gasteiger partial charge >= 0.3 is 6.18 Å². The van der Waals surface area contributed by atoms with E-state index in [2.05, 4.69) is 10.1 Å². The highest BCUT2D eigenvalue weighted by Crippen LogP contribution is 2.31. The molecule has 10 heteroatoms. The molecular weight excluding hydrogens is 404 g/mol. The van der Waals surface area contributed by atoms with Crippen molar-refractivity contribution < 1.29 is 27.1 Å². The molecule has 0 saturated carbocycles. The number of hydrogen-bond acceptors (Lipinski definition) is 4. The van der Waals surface area contributed by atoms with E-state index in [1.54, 1.807) is 25.2 Å². The number of aromatic nitrogens is 3. The fourth-order valence-corrected chi connectivity index (χ4v) is 3.09. The first-order valence-electron chi connectivity index (χ1n) is 9.00. The molecule has 0 atom stereocenters. The average molecular weight is 420 g/mol. The molecule has 1 amide bonds. The van der Waals surface area contributed by atoms with Crippen LogP contribution in [-0.4, -0.2) is 44.8 Å². The fourth-order valence-electron chi connectivity index (χ4n) is 3.09. The van der Waals surface area contributed by atoms with Gasteiger partial charge in [0.2, 0.25) is 5.88 Å². The molecule has 0 N–H and O–H groups in total. The molecule has 0 aliphatic carbocycles. The average Bonchev–Trinajstić information content (AvgIpc) is 3.06. The Morgan fingerprint density at radius 1 is 1.13 bits per heavy atom. The number of amides is 1. The number of nitrogens with zero attached hydrogens (tertiary/aromatic N) is 4. The van der Waals surface area contributed by atoms with Gasteiger partial charge in [-0.1, -0.05) is 0 Å². The van der Waals surface area contributed by atoms with Gasteiger partial charge in [0.25, 0.3) is 5.91 Å². The van der Waals surface area contributed by atoms with Crippen molar-refractivity contribution in [2.75, 3.05) is 13.1 Å². The van der Waals surface area contributed by atoms with Crippen LogP contribution in [-0.2, 0) is 13.2 Å². The summed E-state index contributed by atoms with van der Waals surface area (Å²) in [6.07, 6.45) is -3.90. The van der Waals surface area contributed by atoms with Crippen LogP contribution in [0.2, 0.25) is 0 Å². The molecule has 0 spiro atoms. The third-order valence-electron chi connectivity index (χ3n) is 4.72. The molecule has 6 nitrogen and oxygen atoms in total. The predicted molar refractivity (Wildman–Crippen MR) is 98.2 cm³/mol. The monoisotopic (exact) mass is 420 g/mol. The SMILES string of the molecule is Cn1nc(-c2ccc(F)cc2)cc1C(=O)N1CC(Oc2cc(C(F)(F)F)ccn2)C1.